The third kappa shape index (κ3) is 3.32. The Bertz CT molecular complexity index is 1090. The monoisotopic (exact) mass is 449 g/mol. The third-order valence-electron chi connectivity index (χ3n) is 7.39. The molecule has 0 amide bonds. The standard InChI is InChI=1S/C26H31N3O4/c1-17(2)28-11-9-26(10-12-28)29-21(19-5-4-6-23(30-3)25(19)33-26)16-20(27-29)18-7-8-22-24(15-18)32-14-13-31-22/h4-8,15,17,21H,9-14,16H2,1-3H3. The summed E-state index contributed by atoms with van der Waals surface area (Å²) in [5.41, 5.74) is 2.81. The van der Waals surface area contributed by atoms with E-state index in [1.807, 2.05) is 18.2 Å². The second-order valence-corrected chi connectivity index (χ2v) is 9.53. The Morgan fingerprint density at radius 3 is 2.61 bits per heavy atom. The molecule has 1 unspecified atom stereocenters. The fourth-order valence-corrected chi connectivity index (χ4v) is 5.55. The molecule has 1 fully saturated rings. The first-order valence-corrected chi connectivity index (χ1v) is 11.9. The zero-order chi connectivity index (χ0) is 22.6. The van der Waals surface area contributed by atoms with Gasteiger partial charge in [0.1, 0.15) is 13.2 Å². The molecular formula is C26H31N3O4. The Morgan fingerprint density at radius 1 is 1.06 bits per heavy atom. The number of methoxy groups -OCH3 is 1. The number of rotatable bonds is 3. The normalized spacial score (nSPS) is 23.1. The smallest absolute Gasteiger partial charge is 0.200 e. The van der Waals surface area contributed by atoms with Crippen LogP contribution in [0.15, 0.2) is 41.5 Å². The number of nitrogens with zero attached hydrogens (tertiary/aromatic N) is 3. The molecule has 0 bridgehead atoms. The zero-order valence-electron chi connectivity index (χ0n) is 19.5. The molecule has 6 rings (SSSR count). The van der Waals surface area contributed by atoms with Crippen LogP contribution in [-0.4, -0.2) is 60.8 Å². The topological polar surface area (TPSA) is 55.8 Å². The van der Waals surface area contributed by atoms with Crippen molar-refractivity contribution in [2.24, 2.45) is 5.10 Å². The number of para-hydroxylation sites is 1. The number of piperidine rings is 1. The summed E-state index contributed by atoms with van der Waals surface area (Å²) in [6, 6.07) is 13.0. The van der Waals surface area contributed by atoms with Gasteiger partial charge < -0.3 is 23.8 Å². The van der Waals surface area contributed by atoms with Gasteiger partial charge in [-0.05, 0) is 38.1 Å². The van der Waals surface area contributed by atoms with Crippen molar-refractivity contribution in [3.63, 3.8) is 0 Å². The Labute approximate surface area is 194 Å². The van der Waals surface area contributed by atoms with E-state index in [0.29, 0.717) is 19.3 Å². The van der Waals surface area contributed by atoms with Gasteiger partial charge in [0.05, 0.1) is 18.9 Å². The molecule has 0 N–H and O–H groups in total. The molecule has 1 spiro atoms. The fraction of sp³-hybridized carbons (Fsp3) is 0.500. The van der Waals surface area contributed by atoms with Crippen molar-refractivity contribution in [2.75, 3.05) is 33.4 Å². The van der Waals surface area contributed by atoms with Gasteiger partial charge in [-0.2, -0.15) is 5.10 Å². The summed E-state index contributed by atoms with van der Waals surface area (Å²) in [5.74, 6) is 3.27. The Morgan fingerprint density at radius 2 is 1.85 bits per heavy atom. The average molecular weight is 450 g/mol. The van der Waals surface area contributed by atoms with Crippen molar-refractivity contribution in [3.05, 3.63) is 47.5 Å². The van der Waals surface area contributed by atoms with Crippen LogP contribution in [-0.2, 0) is 0 Å². The first-order valence-electron chi connectivity index (χ1n) is 11.9. The SMILES string of the molecule is COc1cccc2c1OC1(CCN(C(C)C)CC1)N1N=C(c3ccc4c(c3)OCCO4)CC21. The second-order valence-electron chi connectivity index (χ2n) is 9.53. The number of benzene rings is 2. The minimum absolute atomic E-state index is 0.123. The number of hydrogen-bond donors (Lipinski definition) is 0. The summed E-state index contributed by atoms with van der Waals surface area (Å²) in [5, 5.41) is 7.45. The van der Waals surface area contributed by atoms with Crippen LogP contribution in [0.5, 0.6) is 23.0 Å². The summed E-state index contributed by atoms with van der Waals surface area (Å²) < 4.78 is 24.1. The highest BCUT2D eigenvalue weighted by molar-refractivity contribution is 6.02. The lowest BCUT2D eigenvalue weighted by molar-refractivity contribution is -0.153. The summed E-state index contributed by atoms with van der Waals surface area (Å²) in [6.45, 7) is 7.66. The van der Waals surface area contributed by atoms with Crippen LogP contribution < -0.4 is 18.9 Å². The molecule has 4 heterocycles. The maximum Gasteiger partial charge on any atom is 0.200 e. The molecule has 4 aliphatic rings. The molecule has 0 aliphatic carbocycles. The van der Waals surface area contributed by atoms with E-state index in [1.54, 1.807) is 7.11 Å². The molecule has 33 heavy (non-hydrogen) atoms. The van der Waals surface area contributed by atoms with Gasteiger partial charge in [-0.3, -0.25) is 0 Å². The van der Waals surface area contributed by atoms with Crippen molar-refractivity contribution in [2.45, 2.75) is 50.9 Å². The number of hydrogen-bond acceptors (Lipinski definition) is 7. The van der Waals surface area contributed by atoms with Crippen molar-refractivity contribution in [3.8, 4) is 23.0 Å². The summed E-state index contributed by atoms with van der Waals surface area (Å²) in [4.78, 5) is 2.52. The highest BCUT2D eigenvalue weighted by Crippen LogP contribution is 2.53. The van der Waals surface area contributed by atoms with Crippen LogP contribution >= 0.6 is 0 Å². The van der Waals surface area contributed by atoms with E-state index < -0.39 is 5.72 Å². The van der Waals surface area contributed by atoms with E-state index in [9.17, 15) is 0 Å². The van der Waals surface area contributed by atoms with E-state index in [1.165, 1.54) is 0 Å². The third-order valence-corrected chi connectivity index (χ3v) is 7.39. The van der Waals surface area contributed by atoms with E-state index >= 15 is 0 Å². The van der Waals surface area contributed by atoms with Crippen LogP contribution in [0.4, 0.5) is 0 Å². The van der Waals surface area contributed by atoms with Gasteiger partial charge in [0.2, 0.25) is 5.72 Å². The Hall–Kier alpha value is -2.93. The van der Waals surface area contributed by atoms with E-state index in [4.69, 9.17) is 24.0 Å². The molecule has 0 saturated carbocycles. The average Bonchev–Trinajstić information content (AvgIpc) is 3.31. The Balaban J connectivity index is 1.40. The molecule has 174 valence electrons. The van der Waals surface area contributed by atoms with Crippen molar-refractivity contribution in [1.82, 2.24) is 9.91 Å². The molecule has 1 atom stereocenters. The van der Waals surface area contributed by atoms with Gasteiger partial charge in [0, 0.05) is 49.5 Å². The van der Waals surface area contributed by atoms with Crippen LogP contribution in [0.2, 0.25) is 0 Å². The van der Waals surface area contributed by atoms with E-state index in [0.717, 1.165) is 72.2 Å². The van der Waals surface area contributed by atoms with Gasteiger partial charge >= 0.3 is 0 Å². The van der Waals surface area contributed by atoms with Crippen LogP contribution in [0.3, 0.4) is 0 Å². The van der Waals surface area contributed by atoms with Gasteiger partial charge in [0.25, 0.3) is 0 Å². The molecule has 7 nitrogen and oxygen atoms in total. The minimum Gasteiger partial charge on any atom is -0.493 e. The number of fused-ring (bicyclic) bond motifs is 5. The van der Waals surface area contributed by atoms with Crippen LogP contribution in [0.25, 0.3) is 0 Å². The molecule has 7 heteroatoms. The first-order chi connectivity index (χ1) is 16.1. The quantitative estimate of drug-likeness (QED) is 0.700. The predicted molar refractivity (Wildman–Crippen MR) is 125 cm³/mol. The maximum atomic E-state index is 6.82. The highest BCUT2D eigenvalue weighted by atomic mass is 16.6. The van der Waals surface area contributed by atoms with Crippen LogP contribution in [0, 0.1) is 0 Å². The molecule has 0 aromatic heterocycles. The predicted octanol–water partition coefficient (Wildman–Crippen LogP) is 4.21. The molecule has 4 aliphatic heterocycles. The second kappa shape index (κ2) is 7.83. The lowest BCUT2D eigenvalue weighted by atomic mass is 9.90. The summed E-state index contributed by atoms with van der Waals surface area (Å²) >= 11 is 0. The highest BCUT2D eigenvalue weighted by Gasteiger charge is 2.52. The Kier molecular flexibility index (Phi) is 4.91. The van der Waals surface area contributed by atoms with Gasteiger partial charge in [-0.15, -0.1) is 0 Å². The van der Waals surface area contributed by atoms with E-state index in [2.05, 4.69) is 42.0 Å². The van der Waals surface area contributed by atoms with Gasteiger partial charge in [-0.25, -0.2) is 5.01 Å². The fourth-order valence-electron chi connectivity index (χ4n) is 5.55. The number of likely N-dealkylation sites (tertiary alicyclic amines) is 1. The molecular weight excluding hydrogens is 418 g/mol. The number of ether oxygens (including phenoxy) is 4. The first kappa shape index (κ1) is 20.7. The van der Waals surface area contributed by atoms with Crippen molar-refractivity contribution < 1.29 is 18.9 Å². The summed E-state index contributed by atoms with van der Waals surface area (Å²) in [6.07, 6.45) is 2.62. The minimum atomic E-state index is -0.465. The van der Waals surface area contributed by atoms with E-state index in [-0.39, 0.29) is 6.04 Å². The van der Waals surface area contributed by atoms with Crippen molar-refractivity contribution in [1.29, 1.82) is 0 Å². The van der Waals surface area contributed by atoms with Crippen molar-refractivity contribution >= 4 is 5.71 Å². The molecule has 1 saturated heterocycles. The van der Waals surface area contributed by atoms with Crippen LogP contribution in [0.1, 0.15) is 50.3 Å². The lowest BCUT2D eigenvalue weighted by Crippen LogP contribution is -2.59. The number of hydrazone groups is 1. The molecule has 0 radical (unpaired) electrons. The van der Waals surface area contributed by atoms with Gasteiger partial charge in [-0.1, -0.05) is 12.1 Å². The molecule has 2 aromatic rings. The maximum absolute atomic E-state index is 6.82. The lowest BCUT2D eigenvalue weighted by Gasteiger charge is -2.51. The summed E-state index contributed by atoms with van der Waals surface area (Å²) in [7, 11) is 1.71. The van der Waals surface area contributed by atoms with Gasteiger partial charge in [0.15, 0.2) is 23.0 Å². The largest absolute Gasteiger partial charge is 0.493 e. The molecule has 2 aromatic carbocycles. The zero-order valence-corrected chi connectivity index (χ0v) is 19.5.